The molecule has 1 amide bonds. The van der Waals surface area contributed by atoms with Crippen LogP contribution in [0.1, 0.15) is 11.1 Å². The molecule has 1 aliphatic heterocycles. The molecule has 6 nitrogen and oxygen atoms in total. The van der Waals surface area contributed by atoms with Gasteiger partial charge in [0.25, 0.3) is 5.91 Å². The average molecular weight is 957 g/mol. The Balaban J connectivity index is 0.929. The van der Waals surface area contributed by atoms with Crippen LogP contribution in [-0.4, -0.2) is 31.2 Å². The maximum Gasteiger partial charge on any atom is 0.260 e. The second kappa shape index (κ2) is 20.9. The molecular formula is C68H52N4O2. The predicted molar refractivity (Wildman–Crippen MR) is 306 cm³/mol. The van der Waals surface area contributed by atoms with Crippen molar-refractivity contribution in [2.45, 2.75) is 0 Å². The first-order chi connectivity index (χ1) is 36.4. The van der Waals surface area contributed by atoms with Gasteiger partial charge in [-0.3, -0.25) is 9.59 Å². The van der Waals surface area contributed by atoms with Crippen LogP contribution in [0.3, 0.4) is 0 Å². The maximum absolute atomic E-state index is 14.5. The zero-order chi connectivity index (χ0) is 50.4. The lowest BCUT2D eigenvalue weighted by Crippen LogP contribution is -2.22. The quantitative estimate of drug-likeness (QED) is 0.0869. The van der Waals surface area contributed by atoms with E-state index in [1.807, 2.05) is 48.5 Å². The Labute approximate surface area is 433 Å². The summed E-state index contributed by atoms with van der Waals surface area (Å²) in [4.78, 5) is 33.8. The largest absolute Gasteiger partial charge is 0.387 e. The monoisotopic (exact) mass is 956 g/mol. The van der Waals surface area contributed by atoms with Gasteiger partial charge in [-0.2, -0.15) is 0 Å². The van der Waals surface area contributed by atoms with Gasteiger partial charge in [0.2, 0.25) is 0 Å². The van der Waals surface area contributed by atoms with E-state index in [1.165, 1.54) is 0 Å². The van der Waals surface area contributed by atoms with E-state index in [0.717, 1.165) is 96.0 Å². The van der Waals surface area contributed by atoms with Crippen molar-refractivity contribution in [3.63, 3.8) is 0 Å². The van der Waals surface area contributed by atoms with Crippen molar-refractivity contribution < 1.29 is 9.59 Å². The maximum atomic E-state index is 14.5. The van der Waals surface area contributed by atoms with Crippen molar-refractivity contribution in [3.05, 3.63) is 289 Å². The number of hydrogen-bond acceptors (Lipinski definition) is 5. The number of hydrogen-bond donors (Lipinski definition) is 1. The Morgan fingerprint density at radius 3 is 0.892 bits per heavy atom. The van der Waals surface area contributed by atoms with Gasteiger partial charge in [0.05, 0.1) is 22.5 Å². The van der Waals surface area contributed by atoms with E-state index >= 15 is 0 Å². The summed E-state index contributed by atoms with van der Waals surface area (Å²) in [5.74, 6) is -0.267. The topological polar surface area (TPSA) is 55.9 Å². The molecule has 0 spiro atoms. The molecule has 1 heterocycles. The molecule has 0 radical (unpaired) electrons. The van der Waals surface area contributed by atoms with E-state index < -0.39 is 0 Å². The van der Waals surface area contributed by atoms with Gasteiger partial charge in [-0.1, -0.05) is 194 Å². The van der Waals surface area contributed by atoms with Crippen LogP contribution in [-0.2, 0) is 9.59 Å². The van der Waals surface area contributed by atoms with E-state index in [4.69, 9.17) is 0 Å². The molecule has 0 aromatic heterocycles. The van der Waals surface area contributed by atoms with Crippen molar-refractivity contribution >= 4 is 57.7 Å². The summed E-state index contributed by atoms with van der Waals surface area (Å²) in [5, 5.41) is 3.31. The summed E-state index contributed by atoms with van der Waals surface area (Å²) in [5.41, 5.74) is 18.2. The molecule has 0 aliphatic carbocycles. The summed E-state index contributed by atoms with van der Waals surface area (Å²) >= 11 is 0. The summed E-state index contributed by atoms with van der Waals surface area (Å²) in [6, 6.07) is 92.1. The van der Waals surface area contributed by atoms with Crippen molar-refractivity contribution in [1.82, 2.24) is 10.2 Å². The lowest BCUT2D eigenvalue weighted by Gasteiger charge is -2.26. The number of likely N-dealkylation sites (N-methyl/N-ethyl adjacent to an activating group) is 1. The Hall–Kier alpha value is -9.78. The normalized spacial score (nSPS) is 12.9. The Morgan fingerprint density at radius 1 is 0.365 bits per heavy atom. The highest BCUT2D eigenvalue weighted by molar-refractivity contribution is 6.21. The molecule has 74 heavy (non-hydrogen) atoms. The van der Waals surface area contributed by atoms with E-state index in [1.54, 1.807) is 19.0 Å². The molecule has 0 unspecified atom stereocenters. The minimum atomic E-state index is -0.267. The van der Waals surface area contributed by atoms with Gasteiger partial charge in [-0.15, -0.1) is 0 Å². The van der Waals surface area contributed by atoms with Gasteiger partial charge in [-0.25, -0.2) is 0 Å². The minimum absolute atomic E-state index is 0.267. The Bertz CT molecular complexity index is 3450. The van der Waals surface area contributed by atoms with Gasteiger partial charge < -0.3 is 20.0 Å². The molecule has 356 valence electrons. The molecule has 10 aromatic carbocycles. The van der Waals surface area contributed by atoms with Crippen molar-refractivity contribution in [2.75, 3.05) is 23.9 Å². The molecule has 0 atom stereocenters. The summed E-state index contributed by atoms with van der Waals surface area (Å²) in [6.07, 6.45) is 0.806. The SMILES string of the molecule is CN/C(=C1/C(=O)N(C)C(c2ccc(N(c3ccc(-c4ccccc4)cc3)c3ccc(-c4ccccc4)cc3)cc2)=C1C=O)c1ccc(N(c2ccc(-c3ccccc3)cc2)c2ccc(-c3ccccc3)cc2)cc1. The number of nitrogens with zero attached hydrogens (tertiary/aromatic N) is 3. The molecule has 10 aromatic rings. The molecule has 0 bridgehead atoms. The fourth-order valence-electron chi connectivity index (χ4n) is 9.98. The van der Waals surface area contributed by atoms with Crippen LogP contribution in [0.2, 0.25) is 0 Å². The standard InChI is InChI=1S/C68H52N4O2/c1-69-66(56-31-43-62(44-32-56)71(58-35-23-52(24-36-58)48-15-7-3-8-16-48)59-37-25-53(26-38-59)49-17-9-4-10-18-49)65-64(47-73)67(70(2)68(65)74)57-33-45-63(46-34-57)72(60-39-27-54(28-40-60)50-19-11-5-12-20-50)61-41-29-55(30-42-61)51-21-13-6-14-22-51/h3-47,69H,1-2H3/b66-65+. The molecule has 1 aliphatic rings. The summed E-state index contributed by atoms with van der Waals surface area (Å²) in [7, 11) is 3.53. The third kappa shape index (κ3) is 9.32. The second-order valence-corrected chi connectivity index (χ2v) is 18.2. The molecule has 6 heteroatoms. The molecule has 0 saturated carbocycles. The lowest BCUT2D eigenvalue weighted by molar-refractivity contribution is -0.122. The van der Waals surface area contributed by atoms with Crippen molar-refractivity contribution in [2.24, 2.45) is 0 Å². The average Bonchev–Trinajstić information content (AvgIpc) is 3.73. The van der Waals surface area contributed by atoms with Crippen LogP contribution in [0.15, 0.2) is 278 Å². The highest BCUT2D eigenvalue weighted by Gasteiger charge is 2.36. The van der Waals surface area contributed by atoms with Crippen LogP contribution < -0.4 is 15.1 Å². The smallest absolute Gasteiger partial charge is 0.260 e. The number of carbonyl (C=O) groups is 2. The summed E-state index contributed by atoms with van der Waals surface area (Å²) in [6.45, 7) is 0. The first-order valence-electron chi connectivity index (χ1n) is 24.8. The number of nitrogens with one attached hydrogen (secondary N) is 1. The van der Waals surface area contributed by atoms with E-state index in [2.05, 4.69) is 234 Å². The van der Waals surface area contributed by atoms with Gasteiger partial charge in [0, 0.05) is 48.2 Å². The zero-order valence-electron chi connectivity index (χ0n) is 41.1. The first-order valence-corrected chi connectivity index (χ1v) is 24.8. The number of anilines is 6. The van der Waals surface area contributed by atoms with Crippen LogP contribution in [0.5, 0.6) is 0 Å². The molecule has 0 fully saturated rings. The third-order valence-electron chi connectivity index (χ3n) is 13.7. The van der Waals surface area contributed by atoms with Crippen LogP contribution in [0.25, 0.3) is 55.9 Å². The van der Waals surface area contributed by atoms with Crippen LogP contribution in [0, 0.1) is 0 Å². The third-order valence-corrected chi connectivity index (χ3v) is 13.7. The number of amides is 1. The molecule has 0 saturated heterocycles. The fourth-order valence-corrected chi connectivity index (χ4v) is 9.98. The first kappa shape index (κ1) is 46.6. The van der Waals surface area contributed by atoms with Gasteiger partial charge in [0.15, 0.2) is 6.29 Å². The highest BCUT2D eigenvalue weighted by atomic mass is 16.2. The second-order valence-electron chi connectivity index (χ2n) is 18.2. The van der Waals surface area contributed by atoms with Crippen molar-refractivity contribution in [3.8, 4) is 44.5 Å². The van der Waals surface area contributed by atoms with Gasteiger partial charge in [-0.05, 0) is 128 Å². The lowest BCUT2D eigenvalue weighted by atomic mass is 9.98. The zero-order valence-corrected chi connectivity index (χ0v) is 41.1. The van der Waals surface area contributed by atoms with E-state index in [-0.39, 0.29) is 5.91 Å². The van der Waals surface area contributed by atoms with E-state index in [0.29, 0.717) is 22.5 Å². The Kier molecular flexibility index (Phi) is 13.2. The Morgan fingerprint density at radius 2 is 0.622 bits per heavy atom. The number of carbonyl (C=O) groups excluding carboxylic acids is 2. The predicted octanol–water partition coefficient (Wildman–Crippen LogP) is 16.3. The fraction of sp³-hybridized carbons (Fsp3) is 0.0294. The molecule has 1 N–H and O–H groups in total. The number of rotatable bonds is 14. The van der Waals surface area contributed by atoms with Gasteiger partial charge in [0.1, 0.15) is 0 Å². The minimum Gasteiger partial charge on any atom is -0.387 e. The summed E-state index contributed by atoms with van der Waals surface area (Å²) < 4.78 is 0. The molecular weight excluding hydrogens is 905 g/mol. The molecule has 11 rings (SSSR count). The van der Waals surface area contributed by atoms with Gasteiger partial charge >= 0.3 is 0 Å². The number of benzene rings is 10. The number of aldehydes is 1. The van der Waals surface area contributed by atoms with Crippen LogP contribution >= 0.6 is 0 Å². The van der Waals surface area contributed by atoms with Crippen molar-refractivity contribution in [1.29, 1.82) is 0 Å². The van der Waals surface area contributed by atoms with E-state index in [9.17, 15) is 9.59 Å². The van der Waals surface area contributed by atoms with Crippen LogP contribution in [0.4, 0.5) is 34.1 Å². The highest BCUT2D eigenvalue weighted by Crippen LogP contribution is 2.42.